The van der Waals surface area contributed by atoms with Crippen molar-refractivity contribution < 1.29 is 4.74 Å². The number of halogens is 2. The van der Waals surface area contributed by atoms with Crippen LogP contribution in [-0.4, -0.2) is 5.90 Å². The summed E-state index contributed by atoms with van der Waals surface area (Å²) in [6.07, 6.45) is 1.25. The van der Waals surface area contributed by atoms with Gasteiger partial charge in [-0.1, -0.05) is 29.3 Å². The van der Waals surface area contributed by atoms with Crippen LogP contribution in [0.4, 0.5) is 5.69 Å². The quantitative estimate of drug-likeness (QED) is 0.695. The molecule has 0 saturated carbocycles. The summed E-state index contributed by atoms with van der Waals surface area (Å²) < 4.78 is 4.94. The molecule has 0 aliphatic carbocycles. The van der Waals surface area contributed by atoms with Gasteiger partial charge in [0.15, 0.2) is 6.07 Å². The van der Waals surface area contributed by atoms with Gasteiger partial charge in [-0.25, -0.2) is 4.99 Å². The summed E-state index contributed by atoms with van der Waals surface area (Å²) in [4.78, 5) is 3.98. The van der Waals surface area contributed by atoms with Crippen molar-refractivity contribution in [3.8, 4) is 6.07 Å². The number of nitriles is 1. The van der Waals surface area contributed by atoms with Crippen molar-refractivity contribution in [2.45, 2.75) is 0 Å². The van der Waals surface area contributed by atoms with Crippen LogP contribution in [0.5, 0.6) is 0 Å². The van der Waals surface area contributed by atoms with E-state index in [0.717, 1.165) is 0 Å². The summed E-state index contributed by atoms with van der Waals surface area (Å²) in [6.45, 7) is 0. The van der Waals surface area contributed by atoms with E-state index in [1.807, 2.05) is 0 Å². The fourth-order valence-corrected chi connectivity index (χ4v) is 1.76. The number of ether oxygens (including phenoxy) is 1. The maximum atomic E-state index is 8.69. The number of fused-ring (bicyclic) bond motifs is 1. The van der Waals surface area contributed by atoms with Gasteiger partial charge in [0.2, 0.25) is 0 Å². The van der Waals surface area contributed by atoms with Gasteiger partial charge in [-0.2, -0.15) is 5.26 Å². The Kier molecular flexibility index (Phi) is 2.63. The lowest BCUT2D eigenvalue weighted by molar-refractivity contribution is 0.483. The molecule has 0 bridgehead atoms. The first kappa shape index (κ1) is 10.0. The first-order valence-corrected chi connectivity index (χ1v) is 4.78. The maximum Gasteiger partial charge on any atom is 0.300 e. The van der Waals surface area contributed by atoms with E-state index < -0.39 is 0 Å². The van der Waals surface area contributed by atoms with Crippen molar-refractivity contribution in [3.63, 3.8) is 0 Å². The summed E-state index contributed by atoms with van der Waals surface area (Å²) in [5, 5.41) is 9.48. The molecule has 1 aliphatic heterocycles. The zero-order chi connectivity index (χ0) is 10.8. The van der Waals surface area contributed by atoms with Crippen molar-refractivity contribution in [2.24, 2.45) is 4.99 Å². The Morgan fingerprint density at radius 2 is 2.13 bits per heavy atom. The highest BCUT2D eigenvalue weighted by Gasteiger charge is 2.15. The number of benzene rings is 1. The second kappa shape index (κ2) is 3.93. The lowest BCUT2D eigenvalue weighted by Gasteiger charge is -2.03. The van der Waals surface area contributed by atoms with E-state index in [4.69, 9.17) is 33.2 Å². The Labute approximate surface area is 96.2 Å². The van der Waals surface area contributed by atoms with Crippen LogP contribution in [0.25, 0.3) is 5.03 Å². The third-order valence-corrected chi connectivity index (χ3v) is 2.42. The van der Waals surface area contributed by atoms with Gasteiger partial charge in [-0.15, -0.1) is 0 Å². The highest BCUT2D eigenvalue weighted by molar-refractivity contribution is 6.51. The molecule has 0 N–H and O–H groups in total. The van der Waals surface area contributed by atoms with Crippen LogP contribution in [0.3, 0.4) is 0 Å². The zero-order valence-electron chi connectivity index (χ0n) is 7.37. The van der Waals surface area contributed by atoms with Crippen LogP contribution >= 0.6 is 23.2 Å². The van der Waals surface area contributed by atoms with Gasteiger partial charge in [0.05, 0.1) is 15.7 Å². The van der Waals surface area contributed by atoms with Crippen molar-refractivity contribution in [3.05, 3.63) is 35.0 Å². The fourth-order valence-electron chi connectivity index (χ4n) is 1.20. The molecule has 0 atom stereocenters. The van der Waals surface area contributed by atoms with E-state index in [0.29, 0.717) is 21.3 Å². The maximum absolute atomic E-state index is 8.69. The van der Waals surface area contributed by atoms with Gasteiger partial charge in [-0.05, 0) is 12.1 Å². The molecule has 15 heavy (non-hydrogen) atoms. The molecule has 3 nitrogen and oxygen atoms in total. The van der Waals surface area contributed by atoms with Gasteiger partial charge in [-0.3, -0.25) is 0 Å². The lowest BCUT2D eigenvalue weighted by atomic mass is 10.2. The predicted molar refractivity (Wildman–Crippen MR) is 59.1 cm³/mol. The van der Waals surface area contributed by atoms with Crippen LogP contribution in [0.15, 0.2) is 29.5 Å². The Bertz CT molecular complexity index is 515. The van der Waals surface area contributed by atoms with E-state index >= 15 is 0 Å². The van der Waals surface area contributed by atoms with E-state index in [2.05, 4.69) is 4.99 Å². The van der Waals surface area contributed by atoms with Gasteiger partial charge < -0.3 is 4.74 Å². The molecule has 1 aromatic carbocycles. The van der Waals surface area contributed by atoms with Crippen molar-refractivity contribution in [1.82, 2.24) is 0 Å². The summed E-state index contributed by atoms with van der Waals surface area (Å²) in [7, 11) is 0. The molecular weight excluding hydrogens is 235 g/mol. The van der Waals surface area contributed by atoms with Crippen LogP contribution in [-0.2, 0) is 4.74 Å². The molecule has 0 radical (unpaired) electrons. The standard InChI is InChI=1S/C10H4Cl2N2O/c11-6-2-1-3-8-10(6)7(12)5-15-9(4-13)14-8/h1-3,5H. The van der Waals surface area contributed by atoms with Gasteiger partial charge in [0, 0.05) is 5.56 Å². The molecule has 0 saturated heterocycles. The molecule has 0 amide bonds. The highest BCUT2D eigenvalue weighted by Crippen LogP contribution is 2.36. The van der Waals surface area contributed by atoms with Crippen molar-refractivity contribution in [1.29, 1.82) is 5.26 Å². The number of hydrogen-bond donors (Lipinski definition) is 0. The molecule has 0 spiro atoms. The van der Waals surface area contributed by atoms with Gasteiger partial charge in [0.25, 0.3) is 0 Å². The van der Waals surface area contributed by atoms with Crippen molar-refractivity contribution >= 4 is 39.8 Å². The number of rotatable bonds is 0. The predicted octanol–water partition coefficient (Wildman–Crippen LogP) is 3.46. The Balaban J connectivity index is 2.70. The Hall–Kier alpha value is -1.50. The van der Waals surface area contributed by atoms with E-state index in [-0.39, 0.29) is 5.90 Å². The normalized spacial score (nSPS) is 13.9. The monoisotopic (exact) mass is 238 g/mol. The van der Waals surface area contributed by atoms with Crippen LogP contribution in [0.2, 0.25) is 5.02 Å². The Morgan fingerprint density at radius 3 is 2.87 bits per heavy atom. The van der Waals surface area contributed by atoms with E-state index in [1.165, 1.54) is 6.26 Å². The fraction of sp³-hybridized carbons (Fsp3) is 0. The first-order valence-electron chi connectivity index (χ1n) is 4.02. The Morgan fingerprint density at radius 1 is 1.33 bits per heavy atom. The molecule has 74 valence electrons. The zero-order valence-corrected chi connectivity index (χ0v) is 8.88. The van der Waals surface area contributed by atoms with E-state index in [1.54, 1.807) is 24.3 Å². The molecule has 2 rings (SSSR count). The summed E-state index contributed by atoms with van der Waals surface area (Å²) in [5.41, 5.74) is 1.10. The molecule has 1 heterocycles. The minimum Gasteiger partial charge on any atom is -0.437 e. The van der Waals surface area contributed by atoms with Crippen LogP contribution in [0.1, 0.15) is 5.56 Å². The largest absolute Gasteiger partial charge is 0.437 e. The molecular formula is C10H4Cl2N2O. The average molecular weight is 239 g/mol. The topological polar surface area (TPSA) is 45.4 Å². The molecule has 1 aromatic rings. The van der Waals surface area contributed by atoms with Gasteiger partial charge in [0.1, 0.15) is 6.26 Å². The SMILES string of the molecule is N#CC1=Nc2cccc(Cl)c2C(Cl)=CO1. The molecule has 5 heteroatoms. The third-order valence-electron chi connectivity index (χ3n) is 1.82. The molecule has 0 aromatic heterocycles. The first-order chi connectivity index (χ1) is 7.22. The number of hydrogen-bond acceptors (Lipinski definition) is 3. The minimum absolute atomic E-state index is 0.0610. The van der Waals surface area contributed by atoms with Crippen molar-refractivity contribution in [2.75, 3.05) is 0 Å². The second-order valence-corrected chi connectivity index (χ2v) is 3.56. The minimum atomic E-state index is -0.0610. The van der Waals surface area contributed by atoms with Crippen LogP contribution < -0.4 is 0 Å². The highest BCUT2D eigenvalue weighted by atomic mass is 35.5. The second-order valence-electron chi connectivity index (χ2n) is 2.75. The van der Waals surface area contributed by atoms with Gasteiger partial charge >= 0.3 is 5.90 Å². The third kappa shape index (κ3) is 1.82. The summed E-state index contributed by atoms with van der Waals surface area (Å²) >= 11 is 11.9. The summed E-state index contributed by atoms with van der Waals surface area (Å²) in [6, 6.07) is 6.95. The molecule has 0 unspecified atom stereocenters. The molecule has 1 aliphatic rings. The number of nitrogens with zero attached hydrogens (tertiary/aromatic N) is 2. The van der Waals surface area contributed by atoms with Crippen LogP contribution in [0, 0.1) is 11.3 Å². The smallest absolute Gasteiger partial charge is 0.300 e. The molecule has 0 fully saturated rings. The average Bonchev–Trinajstić information content (AvgIpc) is 2.39. The summed E-state index contributed by atoms with van der Waals surface area (Å²) in [5.74, 6) is -0.0610. The van der Waals surface area contributed by atoms with E-state index in [9.17, 15) is 0 Å². The number of aliphatic imine (C=N–C) groups is 1. The lowest BCUT2D eigenvalue weighted by Crippen LogP contribution is -1.93.